The number of nitrogens with zero attached hydrogens (tertiary/aromatic N) is 2. The quantitative estimate of drug-likeness (QED) is 0.438. The minimum absolute atomic E-state index is 0.150. The van der Waals surface area contributed by atoms with Gasteiger partial charge in [-0.3, -0.25) is 19.0 Å². The first kappa shape index (κ1) is 23.7. The molecule has 4 rings (SSSR count). The average Bonchev–Trinajstić information content (AvgIpc) is 2.82. The molecule has 0 aliphatic rings. The van der Waals surface area contributed by atoms with Crippen molar-refractivity contribution < 1.29 is 14.3 Å². The molecule has 8 heteroatoms. The second kappa shape index (κ2) is 9.80. The summed E-state index contributed by atoms with van der Waals surface area (Å²) in [5.74, 6) is -0.122. The molecule has 8 nitrogen and oxygen atoms in total. The number of ether oxygens (including phenoxy) is 1. The van der Waals surface area contributed by atoms with Gasteiger partial charge in [-0.25, -0.2) is 4.98 Å². The highest BCUT2D eigenvalue weighted by Crippen LogP contribution is 2.28. The number of methoxy groups -OCH3 is 1. The third-order valence-electron chi connectivity index (χ3n) is 5.52. The molecule has 0 aliphatic carbocycles. The van der Waals surface area contributed by atoms with E-state index in [1.807, 2.05) is 38.1 Å². The lowest BCUT2D eigenvalue weighted by molar-refractivity contribution is -0.117. The van der Waals surface area contributed by atoms with Crippen molar-refractivity contribution in [2.75, 3.05) is 17.7 Å². The fourth-order valence-corrected chi connectivity index (χ4v) is 3.93. The Hall–Kier alpha value is -4.46. The summed E-state index contributed by atoms with van der Waals surface area (Å²) in [7, 11) is 1.53. The number of amides is 2. The minimum Gasteiger partial charge on any atom is -0.495 e. The number of nitrogens with one attached hydrogen (secondary N) is 2. The van der Waals surface area contributed by atoms with Crippen LogP contribution >= 0.6 is 0 Å². The third-order valence-corrected chi connectivity index (χ3v) is 5.52. The molecule has 1 aromatic heterocycles. The number of rotatable bonds is 6. The van der Waals surface area contributed by atoms with Gasteiger partial charge in [0, 0.05) is 12.5 Å². The van der Waals surface area contributed by atoms with E-state index in [0.29, 0.717) is 33.7 Å². The summed E-state index contributed by atoms with van der Waals surface area (Å²) in [6.45, 7) is 4.98. The second-order valence-corrected chi connectivity index (χ2v) is 8.32. The Balaban J connectivity index is 1.82. The van der Waals surface area contributed by atoms with Gasteiger partial charge in [-0.05, 0) is 55.8 Å². The first-order valence-corrected chi connectivity index (χ1v) is 11.1. The lowest BCUT2D eigenvalue weighted by Gasteiger charge is -2.16. The smallest absolute Gasteiger partial charge is 0.278 e. The van der Waals surface area contributed by atoms with Crippen LogP contribution in [0.3, 0.4) is 0 Å². The maximum Gasteiger partial charge on any atom is 0.278 e. The molecule has 2 amide bonds. The number of carbonyl (C=O) groups excluding carboxylic acids is 2. The Labute approximate surface area is 202 Å². The zero-order valence-corrected chi connectivity index (χ0v) is 20.0. The molecule has 0 radical (unpaired) electrons. The van der Waals surface area contributed by atoms with Crippen LogP contribution in [-0.2, 0) is 16.1 Å². The molecule has 0 saturated carbocycles. The lowest BCUT2D eigenvalue weighted by atomic mass is 10.1. The summed E-state index contributed by atoms with van der Waals surface area (Å²) in [6, 6.07) is 18.0. The van der Waals surface area contributed by atoms with E-state index in [-0.39, 0.29) is 24.1 Å². The van der Waals surface area contributed by atoms with Gasteiger partial charge in [0.05, 0.1) is 29.5 Å². The van der Waals surface area contributed by atoms with Crippen LogP contribution in [0.15, 0.2) is 65.5 Å². The molecule has 1 heterocycles. The predicted octanol–water partition coefficient (Wildman–Crippen LogP) is 4.29. The molecule has 0 fully saturated rings. The molecule has 3 aromatic carbocycles. The van der Waals surface area contributed by atoms with Gasteiger partial charge in [-0.15, -0.1) is 0 Å². The fraction of sp³-hybridized carbons (Fsp3) is 0.185. The Morgan fingerprint density at radius 2 is 1.66 bits per heavy atom. The largest absolute Gasteiger partial charge is 0.495 e. The topological polar surface area (TPSA) is 102 Å². The van der Waals surface area contributed by atoms with Gasteiger partial charge in [0.25, 0.3) is 5.56 Å². The SMILES string of the molecule is COc1ccc(C)cc1NC(=O)Cn1c(=O)c(-c2cc(C)ccc2NC(C)=O)nc2ccccc21. The van der Waals surface area contributed by atoms with Crippen molar-refractivity contribution in [1.82, 2.24) is 9.55 Å². The van der Waals surface area contributed by atoms with E-state index in [4.69, 9.17) is 4.74 Å². The maximum absolute atomic E-state index is 13.7. The molecular formula is C27H26N4O4. The van der Waals surface area contributed by atoms with Gasteiger partial charge in [0.15, 0.2) is 0 Å². The van der Waals surface area contributed by atoms with Crippen molar-refractivity contribution in [3.05, 3.63) is 82.1 Å². The van der Waals surface area contributed by atoms with Crippen molar-refractivity contribution in [3.63, 3.8) is 0 Å². The molecule has 178 valence electrons. The lowest BCUT2D eigenvalue weighted by Crippen LogP contribution is -2.30. The van der Waals surface area contributed by atoms with Crippen molar-refractivity contribution in [1.29, 1.82) is 0 Å². The molecule has 0 saturated heterocycles. The Kier molecular flexibility index (Phi) is 6.64. The van der Waals surface area contributed by atoms with Crippen LogP contribution in [0.4, 0.5) is 11.4 Å². The van der Waals surface area contributed by atoms with Gasteiger partial charge < -0.3 is 15.4 Å². The van der Waals surface area contributed by atoms with Crippen molar-refractivity contribution in [3.8, 4) is 17.0 Å². The first-order chi connectivity index (χ1) is 16.8. The molecule has 0 atom stereocenters. The highest BCUT2D eigenvalue weighted by atomic mass is 16.5. The van der Waals surface area contributed by atoms with E-state index in [1.54, 1.807) is 36.4 Å². The molecule has 0 spiro atoms. The number of hydrogen-bond donors (Lipinski definition) is 2. The van der Waals surface area contributed by atoms with Crippen molar-refractivity contribution >= 4 is 34.2 Å². The molecular weight excluding hydrogens is 444 g/mol. The van der Waals surface area contributed by atoms with Crippen molar-refractivity contribution in [2.24, 2.45) is 0 Å². The Morgan fingerprint density at radius 1 is 0.943 bits per heavy atom. The standard InChI is InChI=1S/C27H26N4O4/c1-16-9-11-20(28-18(3)32)19(13-16)26-27(34)31(23-8-6-5-7-21(23)30-26)15-25(33)29-22-14-17(2)10-12-24(22)35-4/h5-14H,15H2,1-4H3,(H,28,32)(H,29,33). The molecule has 0 unspecified atom stereocenters. The third kappa shape index (κ3) is 5.06. The van der Waals surface area contributed by atoms with E-state index in [2.05, 4.69) is 15.6 Å². The fourth-order valence-electron chi connectivity index (χ4n) is 3.93. The number of anilines is 2. The van der Waals surface area contributed by atoms with Gasteiger partial charge in [0.2, 0.25) is 11.8 Å². The Bertz CT molecular complexity index is 1510. The zero-order chi connectivity index (χ0) is 25.1. The maximum atomic E-state index is 13.7. The van der Waals surface area contributed by atoms with E-state index in [1.165, 1.54) is 18.6 Å². The van der Waals surface area contributed by atoms with E-state index in [9.17, 15) is 14.4 Å². The normalized spacial score (nSPS) is 10.7. The van der Waals surface area contributed by atoms with Crippen molar-refractivity contribution in [2.45, 2.75) is 27.3 Å². The van der Waals surface area contributed by atoms with Gasteiger partial charge in [0.1, 0.15) is 18.0 Å². The number of benzene rings is 3. The molecule has 2 N–H and O–H groups in total. The number of aromatic nitrogens is 2. The van der Waals surface area contributed by atoms with Crippen LogP contribution in [-0.4, -0.2) is 28.5 Å². The van der Waals surface area contributed by atoms with Crippen LogP contribution in [0.25, 0.3) is 22.3 Å². The zero-order valence-electron chi connectivity index (χ0n) is 20.0. The summed E-state index contributed by atoms with van der Waals surface area (Å²) in [5.41, 5.74) is 4.15. The first-order valence-electron chi connectivity index (χ1n) is 11.1. The van der Waals surface area contributed by atoms with Gasteiger partial charge >= 0.3 is 0 Å². The minimum atomic E-state index is -0.438. The van der Waals surface area contributed by atoms with Crippen LogP contribution in [0, 0.1) is 13.8 Å². The second-order valence-electron chi connectivity index (χ2n) is 8.32. The van der Waals surface area contributed by atoms with Crippen LogP contribution in [0.2, 0.25) is 0 Å². The van der Waals surface area contributed by atoms with Gasteiger partial charge in [-0.1, -0.05) is 29.8 Å². The summed E-state index contributed by atoms with van der Waals surface area (Å²) < 4.78 is 6.75. The number of carbonyl (C=O) groups is 2. The molecule has 4 aromatic rings. The van der Waals surface area contributed by atoms with E-state index < -0.39 is 5.56 Å². The van der Waals surface area contributed by atoms with E-state index >= 15 is 0 Å². The predicted molar refractivity (Wildman–Crippen MR) is 137 cm³/mol. The molecule has 35 heavy (non-hydrogen) atoms. The summed E-state index contributed by atoms with van der Waals surface area (Å²) in [6.07, 6.45) is 0. The Morgan fingerprint density at radius 3 is 2.40 bits per heavy atom. The van der Waals surface area contributed by atoms with Gasteiger partial charge in [-0.2, -0.15) is 0 Å². The highest BCUT2D eigenvalue weighted by Gasteiger charge is 2.19. The summed E-state index contributed by atoms with van der Waals surface area (Å²) >= 11 is 0. The van der Waals surface area contributed by atoms with Crippen LogP contribution in [0.5, 0.6) is 5.75 Å². The van der Waals surface area contributed by atoms with Crippen LogP contribution in [0.1, 0.15) is 18.1 Å². The summed E-state index contributed by atoms with van der Waals surface area (Å²) in [4.78, 5) is 43.1. The van der Waals surface area contributed by atoms with Crippen LogP contribution < -0.4 is 20.9 Å². The average molecular weight is 471 g/mol. The highest BCUT2D eigenvalue weighted by molar-refractivity contribution is 5.95. The number of fused-ring (bicyclic) bond motifs is 1. The monoisotopic (exact) mass is 470 g/mol. The number of para-hydroxylation sites is 2. The molecule has 0 bridgehead atoms. The number of aryl methyl sites for hydroxylation is 2. The number of hydrogen-bond acceptors (Lipinski definition) is 5. The van der Waals surface area contributed by atoms with E-state index in [0.717, 1.165) is 11.1 Å². The summed E-state index contributed by atoms with van der Waals surface area (Å²) in [5, 5.41) is 5.61. The molecule has 0 aliphatic heterocycles.